The second-order valence-corrected chi connectivity index (χ2v) is 5.73. The van der Waals surface area contributed by atoms with E-state index in [4.69, 9.17) is 10.5 Å². The maximum Gasteiger partial charge on any atom is 0.128 e. The molecule has 18 heavy (non-hydrogen) atoms. The molecule has 0 aliphatic carbocycles. The quantitative estimate of drug-likeness (QED) is 0.781. The van der Waals surface area contributed by atoms with Crippen molar-refractivity contribution in [2.75, 3.05) is 23.7 Å². The number of hydrogen-bond donors (Lipinski definition) is 1. The number of nitrogens with zero attached hydrogens (tertiary/aromatic N) is 1. The van der Waals surface area contributed by atoms with E-state index in [2.05, 4.69) is 18.7 Å². The van der Waals surface area contributed by atoms with E-state index in [1.165, 1.54) is 6.07 Å². The van der Waals surface area contributed by atoms with Gasteiger partial charge in [0.2, 0.25) is 0 Å². The van der Waals surface area contributed by atoms with E-state index < -0.39 is 0 Å². The van der Waals surface area contributed by atoms with E-state index in [-0.39, 0.29) is 17.5 Å². The van der Waals surface area contributed by atoms with Gasteiger partial charge in [-0.15, -0.1) is 0 Å². The van der Waals surface area contributed by atoms with E-state index in [1.807, 2.05) is 13.0 Å². The molecule has 0 aromatic heterocycles. The molecule has 3 nitrogen and oxygen atoms in total. The molecule has 1 saturated heterocycles. The first kappa shape index (κ1) is 13.1. The zero-order valence-electron chi connectivity index (χ0n) is 11.5. The zero-order valence-corrected chi connectivity index (χ0v) is 11.5. The van der Waals surface area contributed by atoms with Crippen LogP contribution >= 0.6 is 0 Å². The van der Waals surface area contributed by atoms with Crippen LogP contribution in [0.15, 0.2) is 12.1 Å². The number of hydrogen-bond acceptors (Lipinski definition) is 3. The van der Waals surface area contributed by atoms with Crippen LogP contribution in [0.4, 0.5) is 15.8 Å². The Morgan fingerprint density at radius 3 is 2.72 bits per heavy atom. The average molecular weight is 252 g/mol. The molecule has 1 heterocycles. The molecule has 0 amide bonds. The first-order valence-corrected chi connectivity index (χ1v) is 6.27. The Hall–Kier alpha value is -1.29. The molecule has 100 valence electrons. The fourth-order valence-corrected chi connectivity index (χ4v) is 2.59. The summed E-state index contributed by atoms with van der Waals surface area (Å²) in [6.07, 6.45) is 0.138. The number of nitrogens with two attached hydrogens (primary N) is 1. The average Bonchev–Trinajstić information content (AvgIpc) is 2.20. The number of halogens is 1. The van der Waals surface area contributed by atoms with Crippen molar-refractivity contribution in [2.45, 2.75) is 39.4 Å². The highest BCUT2D eigenvalue weighted by Crippen LogP contribution is 2.31. The molecule has 0 saturated carbocycles. The normalized spacial score (nSPS) is 23.2. The predicted octanol–water partition coefficient (Wildman–Crippen LogP) is 2.72. The molecule has 0 spiro atoms. The number of nitrogen functional groups attached to an aromatic ring is 1. The van der Waals surface area contributed by atoms with Crippen molar-refractivity contribution < 1.29 is 9.13 Å². The molecular weight excluding hydrogens is 231 g/mol. The summed E-state index contributed by atoms with van der Waals surface area (Å²) in [5.74, 6) is -0.253. The number of benzene rings is 1. The van der Waals surface area contributed by atoms with Crippen molar-refractivity contribution in [1.29, 1.82) is 0 Å². The molecule has 1 unspecified atom stereocenters. The summed E-state index contributed by atoms with van der Waals surface area (Å²) in [5.41, 5.74) is 7.73. The summed E-state index contributed by atoms with van der Waals surface area (Å²) in [4.78, 5) is 2.18. The third kappa shape index (κ3) is 2.58. The summed E-state index contributed by atoms with van der Waals surface area (Å²) in [6, 6.07) is 3.22. The lowest BCUT2D eigenvalue weighted by Crippen LogP contribution is -2.52. The van der Waals surface area contributed by atoms with Gasteiger partial charge in [-0.05, 0) is 45.4 Å². The Morgan fingerprint density at radius 1 is 1.44 bits per heavy atom. The van der Waals surface area contributed by atoms with Crippen LogP contribution in [0.2, 0.25) is 0 Å². The minimum Gasteiger partial charge on any atom is -0.397 e. The lowest BCUT2D eigenvalue weighted by Gasteiger charge is -2.43. The molecule has 1 aromatic rings. The van der Waals surface area contributed by atoms with E-state index in [0.29, 0.717) is 11.3 Å². The fraction of sp³-hybridized carbons (Fsp3) is 0.571. The molecule has 1 fully saturated rings. The van der Waals surface area contributed by atoms with Crippen molar-refractivity contribution in [3.05, 3.63) is 23.5 Å². The minimum atomic E-state index is -0.253. The van der Waals surface area contributed by atoms with Crippen molar-refractivity contribution in [3.63, 3.8) is 0 Å². The van der Waals surface area contributed by atoms with Gasteiger partial charge >= 0.3 is 0 Å². The minimum absolute atomic E-state index is 0.138. The molecule has 0 bridgehead atoms. The molecule has 1 aliphatic heterocycles. The Labute approximate surface area is 108 Å². The van der Waals surface area contributed by atoms with Gasteiger partial charge in [0.15, 0.2) is 0 Å². The highest BCUT2D eigenvalue weighted by Gasteiger charge is 2.32. The van der Waals surface area contributed by atoms with Gasteiger partial charge in [-0.1, -0.05) is 0 Å². The summed E-state index contributed by atoms with van der Waals surface area (Å²) >= 11 is 0. The van der Waals surface area contributed by atoms with Crippen molar-refractivity contribution in [2.24, 2.45) is 0 Å². The number of aryl methyl sites for hydroxylation is 1. The van der Waals surface area contributed by atoms with Crippen LogP contribution in [0.5, 0.6) is 0 Å². The van der Waals surface area contributed by atoms with Crippen LogP contribution in [0.3, 0.4) is 0 Å². The van der Waals surface area contributed by atoms with Gasteiger partial charge in [0, 0.05) is 13.1 Å². The second kappa shape index (κ2) is 4.43. The van der Waals surface area contributed by atoms with Gasteiger partial charge in [-0.25, -0.2) is 4.39 Å². The van der Waals surface area contributed by atoms with Crippen LogP contribution in [0.1, 0.15) is 26.3 Å². The van der Waals surface area contributed by atoms with Crippen LogP contribution in [0.25, 0.3) is 0 Å². The summed E-state index contributed by atoms with van der Waals surface area (Å²) in [6.45, 7) is 9.45. The van der Waals surface area contributed by atoms with Crippen LogP contribution in [-0.4, -0.2) is 24.8 Å². The van der Waals surface area contributed by atoms with Crippen molar-refractivity contribution in [3.8, 4) is 0 Å². The monoisotopic (exact) mass is 252 g/mol. The van der Waals surface area contributed by atoms with Gasteiger partial charge in [0.1, 0.15) is 5.82 Å². The van der Waals surface area contributed by atoms with Crippen LogP contribution in [0, 0.1) is 12.7 Å². The summed E-state index contributed by atoms with van der Waals surface area (Å²) < 4.78 is 19.3. The van der Waals surface area contributed by atoms with Crippen LogP contribution < -0.4 is 10.6 Å². The fourth-order valence-electron chi connectivity index (χ4n) is 2.59. The molecule has 4 heteroatoms. The summed E-state index contributed by atoms with van der Waals surface area (Å²) in [7, 11) is 0. The van der Waals surface area contributed by atoms with E-state index in [0.717, 1.165) is 18.8 Å². The highest BCUT2D eigenvalue weighted by molar-refractivity contribution is 5.69. The topological polar surface area (TPSA) is 38.5 Å². The second-order valence-electron chi connectivity index (χ2n) is 5.73. The first-order valence-electron chi connectivity index (χ1n) is 6.27. The van der Waals surface area contributed by atoms with Gasteiger partial charge in [0.05, 0.1) is 23.1 Å². The number of morpholine rings is 1. The third-order valence-corrected chi connectivity index (χ3v) is 3.22. The third-order valence-electron chi connectivity index (χ3n) is 3.22. The largest absolute Gasteiger partial charge is 0.397 e. The Kier molecular flexibility index (Phi) is 3.23. The molecule has 1 atom stereocenters. The molecule has 0 radical (unpaired) electrons. The molecule has 1 aromatic carbocycles. The first-order chi connectivity index (χ1) is 8.28. The van der Waals surface area contributed by atoms with E-state index in [1.54, 1.807) is 6.92 Å². The maximum atomic E-state index is 13.4. The maximum absolute atomic E-state index is 13.4. The van der Waals surface area contributed by atoms with Crippen molar-refractivity contribution >= 4 is 11.4 Å². The number of ether oxygens (including phenoxy) is 1. The molecule has 2 N–H and O–H groups in total. The van der Waals surface area contributed by atoms with Gasteiger partial charge in [-0.2, -0.15) is 0 Å². The zero-order chi connectivity index (χ0) is 13.5. The number of rotatable bonds is 1. The lowest BCUT2D eigenvalue weighted by atomic mass is 10.0. The van der Waals surface area contributed by atoms with Gasteiger partial charge in [-0.3, -0.25) is 0 Å². The molecule has 1 aliphatic rings. The number of anilines is 2. The lowest BCUT2D eigenvalue weighted by molar-refractivity contribution is -0.0749. The van der Waals surface area contributed by atoms with Gasteiger partial charge in [0.25, 0.3) is 0 Å². The predicted molar refractivity (Wildman–Crippen MR) is 72.4 cm³/mol. The summed E-state index contributed by atoms with van der Waals surface area (Å²) in [5, 5.41) is 0. The Morgan fingerprint density at radius 2 is 2.11 bits per heavy atom. The SMILES string of the molecule is Cc1cc(N2CC(C)OC(C)(C)C2)c(N)cc1F. The van der Waals surface area contributed by atoms with Crippen LogP contribution in [-0.2, 0) is 4.74 Å². The standard InChI is InChI=1S/C14H21FN2O/c1-9-5-13(12(16)6-11(9)15)17-7-10(2)18-14(3,4)8-17/h5-6,10H,7-8,16H2,1-4H3. The van der Waals surface area contributed by atoms with E-state index in [9.17, 15) is 4.39 Å². The Balaban J connectivity index is 2.34. The Bertz CT molecular complexity index is 459. The molecule has 2 rings (SSSR count). The van der Waals surface area contributed by atoms with E-state index >= 15 is 0 Å². The smallest absolute Gasteiger partial charge is 0.128 e. The van der Waals surface area contributed by atoms with Gasteiger partial charge < -0.3 is 15.4 Å². The molecular formula is C14H21FN2O. The van der Waals surface area contributed by atoms with Crippen molar-refractivity contribution in [1.82, 2.24) is 0 Å². The highest BCUT2D eigenvalue weighted by atomic mass is 19.1.